The van der Waals surface area contributed by atoms with E-state index in [1.165, 1.54) is 11.1 Å². The van der Waals surface area contributed by atoms with Gasteiger partial charge in [0.05, 0.1) is 0 Å². The van der Waals surface area contributed by atoms with Crippen molar-refractivity contribution in [3.63, 3.8) is 0 Å². The first-order chi connectivity index (χ1) is 5.38. The second-order valence-corrected chi connectivity index (χ2v) is 2.28. The number of rotatable bonds is 0. The summed E-state index contributed by atoms with van der Waals surface area (Å²) in [6.45, 7) is 1.93. The monoisotopic (exact) mass is 148 g/mol. The van der Waals surface area contributed by atoms with Crippen LogP contribution in [0, 0.1) is 0 Å². The summed E-state index contributed by atoms with van der Waals surface area (Å²) in [6, 6.07) is 0. The van der Waals surface area contributed by atoms with Crippen molar-refractivity contribution in [2.24, 2.45) is 0 Å². The summed E-state index contributed by atoms with van der Waals surface area (Å²) in [4.78, 5) is 0. The predicted octanol–water partition coefficient (Wildman–Crippen LogP) is 1.98. The highest BCUT2D eigenvalue weighted by Crippen LogP contribution is 2.23. The highest BCUT2D eigenvalue weighted by Gasteiger charge is 2.04. The van der Waals surface area contributed by atoms with Gasteiger partial charge in [-0.25, -0.2) is 0 Å². The van der Waals surface area contributed by atoms with Gasteiger partial charge in [0.15, 0.2) is 0 Å². The van der Waals surface area contributed by atoms with E-state index in [1.54, 1.807) is 6.92 Å². The summed E-state index contributed by atoms with van der Waals surface area (Å²) < 4.78 is 0. The molecule has 0 heterocycles. The Bertz CT molecular complexity index is 216. The number of hydrogen-bond acceptors (Lipinski definition) is 1. The molecule has 1 N–H and O–H groups in total. The molecular weight excluding hydrogens is 136 g/mol. The van der Waals surface area contributed by atoms with Crippen LogP contribution in [0.4, 0.5) is 0 Å². The van der Waals surface area contributed by atoms with Gasteiger partial charge in [-0.2, -0.15) is 0 Å². The first-order valence-electron chi connectivity index (χ1n) is 3.76. The molecule has 0 aliphatic heterocycles. The molecule has 0 spiro atoms. The van der Waals surface area contributed by atoms with E-state index in [0.29, 0.717) is 0 Å². The van der Waals surface area contributed by atoms with Crippen LogP contribution in [0.2, 0.25) is 0 Å². The van der Waals surface area contributed by atoms with Crippen molar-refractivity contribution in [3.8, 4) is 0 Å². The second-order valence-electron chi connectivity index (χ2n) is 2.28. The lowest BCUT2D eigenvalue weighted by atomic mass is 10.2. The van der Waals surface area contributed by atoms with E-state index in [4.69, 9.17) is 5.11 Å². The zero-order chi connectivity index (χ0) is 8.10. The molecule has 0 unspecified atom stereocenters. The van der Waals surface area contributed by atoms with Crippen LogP contribution in [-0.4, -0.2) is 11.7 Å². The zero-order valence-corrected chi connectivity index (χ0v) is 6.62. The standard InChI is InChI=1S/C8H6.C2H6O/c1-3-7-5-2-6-8(7)4-1;1-2-3/h1-6H;3H,2H2,1H3. The molecular formula is C10H12O. The van der Waals surface area contributed by atoms with E-state index in [1.807, 2.05) is 0 Å². The molecule has 0 saturated carbocycles. The lowest BCUT2D eigenvalue weighted by Gasteiger charge is -1.85. The minimum absolute atomic E-state index is 0.250. The predicted molar refractivity (Wildman–Crippen MR) is 47.2 cm³/mol. The third-order valence-corrected chi connectivity index (χ3v) is 1.44. The molecule has 0 aromatic heterocycles. The molecule has 0 bridgehead atoms. The van der Waals surface area contributed by atoms with Gasteiger partial charge in [-0.3, -0.25) is 0 Å². The normalized spacial score (nSPS) is 16.9. The second kappa shape index (κ2) is 3.94. The first kappa shape index (κ1) is 8.02. The maximum atomic E-state index is 7.57. The van der Waals surface area contributed by atoms with Gasteiger partial charge in [0.1, 0.15) is 0 Å². The molecule has 0 radical (unpaired) electrons. The van der Waals surface area contributed by atoms with Crippen LogP contribution in [-0.2, 0) is 0 Å². The van der Waals surface area contributed by atoms with Crippen molar-refractivity contribution in [1.82, 2.24) is 0 Å². The van der Waals surface area contributed by atoms with Crippen molar-refractivity contribution in [2.45, 2.75) is 6.92 Å². The fourth-order valence-electron chi connectivity index (χ4n) is 1.01. The topological polar surface area (TPSA) is 20.2 Å². The molecule has 0 atom stereocenters. The van der Waals surface area contributed by atoms with E-state index < -0.39 is 0 Å². The first-order valence-corrected chi connectivity index (χ1v) is 3.76. The minimum Gasteiger partial charge on any atom is -0.397 e. The molecule has 11 heavy (non-hydrogen) atoms. The fraction of sp³-hybridized carbons (Fsp3) is 0.200. The summed E-state index contributed by atoms with van der Waals surface area (Å²) in [5.74, 6) is 0. The maximum Gasteiger partial charge on any atom is 0.0402 e. The Morgan fingerprint density at radius 2 is 1.45 bits per heavy atom. The van der Waals surface area contributed by atoms with E-state index in [-0.39, 0.29) is 6.61 Å². The molecule has 2 aliphatic carbocycles. The van der Waals surface area contributed by atoms with E-state index in [2.05, 4.69) is 36.5 Å². The molecule has 58 valence electrons. The number of hydrogen-bond donors (Lipinski definition) is 1. The third-order valence-electron chi connectivity index (χ3n) is 1.44. The lowest BCUT2D eigenvalue weighted by molar-refractivity contribution is 0.318. The smallest absolute Gasteiger partial charge is 0.0402 e. The minimum atomic E-state index is 0.250. The Balaban J connectivity index is 0.000000179. The number of aliphatic hydroxyl groups is 1. The van der Waals surface area contributed by atoms with Crippen molar-refractivity contribution < 1.29 is 5.11 Å². The summed E-state index contributed by atoms with van der Waals surface area (Å²) in [6.07, 6.45) is 12.6. The summed E-state index contributed by atoms with van der Waals surface area (Å²) in [7, 11) is 0. The van der Waals surface area contributed by atoms with Crippen LogP contribution in [0.1, 0.15) is 6.92 Å². The molecule has 2 rings (SSSR count). The fourth-order valence-corrected chi connectivity index (χ4v) is 1.01. The van der Waals surface area contributed by atoms with Crippen LogP contribution in [0.5, 0.6) is 0 Å². The summed E-state index contributed by atoms with van der Waals surface area (Å²) in [5, 5.41) is 7.57. The van der Waals surface area contributed by atoms with E-state index in [9.17, 15) is 0 Å². The third kappa shape index (κ3) is 1.92. The Hall–Kier alpha value is -1.08. The van der Waals surface area contributed by atoms with Crippen molar-refractivity contribution in [3.05, 3.63) is 47.6 Å². The van der Waals surface area contributed by atoms with Gasteiger partial charge in [0, 0.05) is 6.61 Å². The van der Waals surface area contributed by atoms with Gasteiger partial charge >= 0.3 is 0 Å². The Kier molecular flexibility index (Phi) is 2.87. The van der Waals surface area contributed by atoms with Crippen LogP contribution >= 0.6 is 0 Å². The summed E-state index contributed by atoms with van der Waals surface area (Å²) in [5.41, 5.74) is 2.70. The number of fused-ring (bicyclic) bond motifs is 1. The van der Waals surface area contributed by atoms with E-state index >= 15 is 0 Å². The average Bonchev–Trinajstić information content (AvgIpc) is 2.44. The van der Waals surface area contributed by atoms with Crippen LogP contribution < -0.4 is 0 Å². The molecule has 0 amide bonds. The maximum absolute atomic E-state index is 7.57. The quantitative estimate of drug-likeness (QED) is 0.557. The van der Waals surface area contributed by atoms with Crippen LogP contribution in [0.3, 0.4) is 0 Å². The Morgan fingerprint density at radius 1 is 1.09 bits per heavy atom. The number of allylic oxidation sites excluding steroid dienone is 8. The van der Waals surface area contributed by atoms with Crippen molar-refractivity contribution in [2.75, 3.05) is 6.61 Å². The molecule has 0 aromatic rings. The van der Waals surface area contributed by atoms with Gasteiger partial charge in [-0.15, -0.1) is 0 Å². The van der Waals surface area contributed by atoms with Crippen molar-refractivity contribution in [1.29, 1.82) is 0 Å². The average molecular weight is 148 g/mol. The SMILES string of the molecule is C1=CC2=CC=CC2=C1.CCO. The molecule has 0 fully saturated rings. The highest BCUT2D eigenvalue weighted by atomic mass is 16.2. The van der Waals surface area contributed by atoms with Crippen LogP contribution in [0.25, 0.3) is 0 Å². The van der Waals surface area contributed by atoms with Crippen molar-refractivity contribution >= 4 is 0 Å². The van der Waals surface area contributed by atoms with Gasteiger partial charge in [0.25, 0.3) is 0 Å². The Morgan fingerprint density at radius 3 is 1.82 bits per heavy atom. The Labute approximate surface area is 67.1 Å². The summed E-state index contributed by atoms with van der Waals surface area (Å²) >= 11 is 0. The molecule has 0 saturated heterocycles. The number of aliphatic hydroxyl groups excluding tert-OH is 1. The van der Waals surface area contributed by atoms with Gasteiger partial charge in [0.2, 0.25) is 0 Å². The largest absolute Gasteiger partial charge is 0.397 e. The molecule has 2 aliphatic rings. The lowest BCUT2D eigenvalue weighted by Crippen LogP contribution is -1.67. The van der Waals surface area contributed by atoms with Gasteiger partial charge in [-0.1, -0.05) is 36.5 Å². The molecule has 1 heteroatoms. The van der Waals surface area contributed by atoms with Gasteiger partial charge in [-0.05, 0) is 18.1 Å². The molecule has 0 aromatic carbocycles. The van der Waals surface area contributed by atoms with Crippen LogP contribution in [0.15, 0.2) is 47.6 Å². The zero-order valence-electron chi connectivity index (χ0n) is 6.62. The molecule has 1 nitrogen and oxygen atoms in total. The van der Waals surface area contributed by atoms with E-state index in [0.717, 1.165) is 0 Å². The highest BCUT2D eigenvalue weighted by molar-refractivity contribution is 5.59. The van der Waals surface area contributed by atoms with Gasteiger partial charge < -0.3 is 5.11 Å².